The molecule has 0 aromatic carbocycles. The Hall–Kier alpha value is 0.137. The quantitative estimate of drug-likeness (QED) is 0.424. The largest absolute Gasteiger partial charge is 0.382 e. The van der Waals surface area contributed by atoms with Crippen molar-refractivity contribution in [3.8, 4) is 0 Å². The standard InChI is InChI=1S/C10H24O2Si/c1-4-13(5-2)10-6-7-12-9-8-11-3/h13H,4-10H2,1-3H3. The molecule has 0 saturated carbocycles. The van der Waals surface area contributed by atoms with Gasteiger partial charge >= 0.3 is 0 Å². The maximum Gasteiger partial charge on any atom is 0.0700 e. The minimum atomic E-state index is -0.362. The number of rotatable bonds is 9. The Balaban J connectivity index is 3.05. The van der Waals surface area contributed by atoms with Crippen LogP contribution in [0.4, 0.5) is 0 Å². The Morgan fingerprint density at radius 1 is 1.00 bits per heavy atom. The highest BCUT2D eigenvalue weighted by atomic mass is 28.3. The van der Waals surface area contributed by atoms with E-state index in [1.807, 2.05) is 0 Å². The molecule has 0 N–H and O–H groups in total. The van der Waals surface area contributed by atoms with Gasteiger partial charge in [0, 0.05) is 22.5 Å². The van der Waals surface area contributed by atoms with Crippen molar-refractivity contribution in [1.29, 1.82) is 0 Å². The van der Waals surface area contributed by atoms with E-state index in [9.17, 15) is 0 Å². The van der Waals surface area contributed by atoms with E-state index in [-0.39, 0.29) is 8.80 Å². The van der Waals surface area contributed by atoms with Crippen molar-refractivity contribution in [3.05, 3.63) is 0 Å². The fraction of sp³-hybridized carbons (Fsp3) is 1.00. The predicted molar refractivity (Wildman–Crippen MR) is 60.2 cm³/mol. The first kappa shape index (κ1) is 13.1. The van der Waals surface area contributed by atoms with Gasteiger partial charge in [0.2, 0.25) is 0 Å². The molecule has 0 aliphatic heterocycles. The maximum atomic E-state index is 5.41. The fourth-order valence-corrected chi connectivity index (χ4v) is 3.55. The number of hydrogen-bond donors (Lipinski definition) is 0. The Labute approximate surface area is 84.2 Å². The summed E-state index contributed by atoms with van der Waals surface area (Å²) in [4.78, 5) is 0. The van der Waals surface area contributed by atoms with Crippen molar-refractivity contribution in [1.82, 2.24) is 0 Å². The van der Waals surface area contributed by atoms with Gasteiger partial charge in [-0.1, -0.05) is 32.0 Å². The second-order valence-corrected chi connectivity index (χ2v) is 7.37. The summed E-state index contributed by atoms with van der Waals surface area (Å²) in [5.41, 5.74) is 0. The first-order chi connectivity index (χ1) is 6.35. The molecule has 0 spiro atoms. The van der Waals surface area contributed by atoms with E-state index in [2.05, 4.69) is 13.8 Å². The summed E-state index contributed by atoms with van der Waals surface area (Å²) >= 11 is 0. The van der Waals surface area contributed by atoms with Gasteiger partial charge in [-0.05, 0) is 6.42 Å². The van der Waals surface area contributed by atoms with E-state index in [0.29, 0.717) is 0 Å². The van der Waals surface area contributed by atoms with Crippen LogP contribution in [-0.4, -0.2) is 35.7 Å². The van der Waals surface area contributed by atoms with Crippen LogP contribution in [0.15, 0.2) is 0 Å². The molecule has 0 bridgehead atoms. The second-order valence-electron chi connectivity index (χ2n) is 3.43. The van der Waals surface area contributed by atoms with Gasteiger partial charge in [-0.15, -0.1) is 0 Å². The number of ether oxygens (including phenoxy) is 2. The van der Waals surface area contributed by atoms with Crippen LogP contribution in [0.25, 0.3) is 0 Å². The van der Waals surface area contributed by atoms with E-state index in [1.165, 1.54) is 24.6 Å². The Bertz CT molecular complexity index is 94.9. The lowest BCUT2D eigenvalue weighted by Crippen LogP contribution is -2.10. The van der Waals surface area contributed by atoms with Gasteiger partial charge in [0.05, 0.1) is 13.2 Å². The van der Waals surface area contributed by atoms with Crippen molar-refractivity contribution >= 4 is 8.80 Å². The third-order valence-electron chi connectivity index (χ3n) is 2.49. The molecule has 0 saturated heterocycles. The molecule has 80 valence electrons. The maximum absolute atomic E-state index is 5.41. The van der Waals surface area contributed by atoms with Crippen LogP contribution in [0.1, 0.15) is 20.3 Å². The zero-order valence-corrected chi connectivity index (χ0v) is 10.5. The summed E-state index contributed by atoms with van der Waals surface area (Å²) < 4.78 is 10.3. The molecule has 2 nitrogen and oxygen atoms in total. The highest BCUT2D eigenvalue weighted by molar-refractivity contribution is 6.58. The molecular weight excluding hydrogens is 180 g/mol. The van der Waals surface area contributed by atoms with E-state index in [0.717, 1.165) is 19.8 Å². The lowest BCUT2D eigenvalue weighted by atomic mass is 10.5. The van der Waals surface area contributed by atoms with Crippen LogP contribution < -0.4 is 0 Å². The van der Waals surface area contributed by atoms with Gasteiger partial charge in [-0.3, -0.25) is 0 Å². The molecular formula is C10H24O2Si. The molecule has 0 fully saturated rings. The van der Waals surface area contributed by atoms with Crippen molar-refractivity contribution in [2.45, 2.75) is 38.4 Å². The molecule has 0 aromatic heterocycles. The van der Waals surface area contributed by atoms with Gasteiger partial charge in [-0.2, -0.15) is 0 Å². The average Bonchev–Trinajstić information content (AvgIpc) is 2.17. The average molecular weight is 204 g/mol. The van der Waals surface area contributed by atoms with Crippen molar-refractivity contribution < 1.29 is 9.47 Å². The summed E-state index contributed by atoms with van der Waals surface area (Å²) in [6, 6.07) is 4.32. The molecule has 0 aliphatic carbocycles. The summed E-state index contributed by atoms with van der Waals surface area (Å²) in [6.07, 6.45) is 1.25. The number of methoxy groups -OCH3 is 1. The molecule has 0 radical (unpaired) electrons. The third kappa shape index (κ3) is 8.47. The van der Waals surface area contributed by atoms with Gasteiger partial charge in [0.25, 0.3) is 0 Å². The Kier molecular flexibility index (Phi) is 10.3. The summed E-state index contributed by atoms with van der Waals surface area (Å²) in [5, 5.41) is 0. The summed E-state index contributed by atoms with van der Waals surface area (Å²) in [6.45, 7) is 7.05. The lowest BCUT2D eigenvalue weighted by Gasteiger charge is -2.09. The highest BCUT2D eigenvalue weighted by Crippen LogP contribution is 2.07. The fourth-order valence-electron chi connectivity index (χ4n) is 1.42. The summed E-state index contributed by atoms with van der Waals surface area (Å²) in [5.74, 6) is 0. The van der Waals surface area contributed by atoms with Crippen LogP contribution >= 0.6 is 0 Å². The molecule has 13 heavy (non-hydrogen) atoms. The first-order valence-corrected chi connectivity index (χ1v) is 7.86. The van der Waals surface area contributed by atoms with E-state index >= 15 is 0 Å². The van der Waals surface area contributed by atoms with Crippen molar-refractivity contribution in [3.63, 3.8) is 0 Å². The first-order valence-electron chi connectivity index (χ1n) is 5.41. The Morgan fingerprint density at radius 3 is 2.23 bits per heavy atom. The van der Waals surface area contributed by atoms with E-state index in [1.54, 1.807) is 7.11 Å². The molecule has 0 rings (SSSR count). The summed E-state index contributed by atoms with van der Waals surface area (Å²) in [7, 11) is 1.35. The van der Waals surface area contributed by atoms with Gasteiger partial charge in [0.1, 0.15) is 0 Å². The highest BCUT2D eigenvalue weighted by Gasteiger charge is 2.03. The van der Waals surface area contributed by atoms with Crippen LogP contribution in [0.2, 0.25) is 18.1 Å². The molecule has 0 aromatic rings. The van der Waals surface area contributed by atoms with Crippen LogP contribution in [0, 0.1) is 0 Å². The Morgan fingerprint density at radius 2 is 1.69 bits per heavy atom. The van der Waals surface area contributed by atoms with Crippen LogP contribution in [-0.2, 0) is 9.47 Å². The topological polar surface area (TPSA) is 18.5 Å². The molecule has 0 atom stereocenters. The third-order valence-corrected chi connectivity index (χ3v) is 6.02. The van der Waals surface area contributed by atoms with E-state index < -0.39 is 0 Å². The molecule has 0 heterocycles. The van der Waals surface area contributed by atoms with Gasteiger partial charge in [0.15, 0.2) is 0 Å². The normalized spacial score (nSPS) is 11.1. The smallest absolute Gasteiger partial charge is 0.0700 e. The second kappa shape index (κ2) is 10.2. The zero-order valence-electron chi connectivity index (χ0n) is 9.34. The zero-order chi connectivity index (χ0) is 9.94. The molecule has 0 aliphatic rings. The minimum absolute atomic E-state index is 0.362. The van der Waals surface area contributed by atoms with Crippen LogP contribution in [0.5, 0.6) is 0 Å². The molecule has 0 unspecified atom stereocenters. The predicted octanol–water partition coefficient (Wildman–Crippen LogP) is 2.31. The van der Waals surface area contributed by atoms with Gasteiger partial charge in [-0.25, -0.2) is 0 Å². The van der Waals surface area contributed by atoms with Crippen molar-refractivity contribution in [2.75, 3.05) is 26.9 Å². The SMILES string of the molecule is CC[SiH](CC)CCCOCCOC. The van der Waals surface area contributed by atoms with Gasteiger partial charge < -0.3 is 9.47 Å². The monoisotopic (exact) mass is 204 g/mol. The molecule has 0 amide bonds. The number of hydrogen-bond acceptors (Lipinski definition) is 2. The molecule has 3 heteroatoms. The minimum Gasteiger partial charge on any atom is -0.382 e. The van der Waals surface area contributed by atoms with E-state index in [4.69, 9.17) is 9.47 Å². The van der Waals surface area contributed by atoms with Crippen molar-refractivity contribution in [2.24, 2.45) is 0 Å². The lowest BCUT2D eigenvalue weighted by molar-refractivity contribution is 0.0709. The van der Waals surface area contributed by atoms with Crippen LogP contribution in [0.3, 0.4) is 0 Å².